The highest BCUT2D eigenvalue weighted by Gasteiger charge is 2.16. The zero-order chi connectivity index (χ0) is 17.7. The first-order valence-corrected chi connectivity index (χ1v) is 8.58. The Kier molecular flexibility index (Phi) is 6.21. The maximum atomic E-state index is 12.3. The van der Waals surface area contributed by atoms with Crippen LogP contribution in [-0.2, 0) is 4.79 Å². The molecule has 2 atom stereocenters. The highest BCUT2D eigenvalue weighted by Crippen LogP contribution is 2.24. The fourth-order valence-corrected chi connectivity index (χ4v) is 2.85. The fraction of sp³-hybridized carbons (Fsp3) is 0.450. The number of benzene rings is 1. The molecule has 1 aromatic heterocycles. The smallest absolute Gasteiger partial charge is 0.225 e. The van der Waals surface area contributed by atoms with Crippen LogP contribution in [0.15, 0.2) is 40.8 Å². The molecule has 1 heterocycles. The number of anilines is 1. The summed E-state index contributed by atoms with van der Waals surface area (Å²) in [4.78, 5) is 12.3. The minimum Gasteiger partial charge on any atom is -0.465 e. The number of aryl methyl sites for hydroxylation is 1. The average molecular weight is 328 g/mol. The monoisotopic (exact) mass is 328 g/mol. The Labute approximate surface area is 144 Å². The Bertz CT molecular complexity index is 676. The van der Waals surface area contributed by atoms with Gasteiger partial charge in [0.05, 0.1) is 6.04 Å². The number of amides is 1. The summed E-state index contributed by atoms with van der Waals surface area (Å²) in [6.07, 6.45) is 0.413. The van der Waals surface area contributed by atoms with Crippen molar-refractivity contribution in [1.82, 2.24) is 5.32 Å². The molecule has 0 fully saturated rings. The van der Waals surface area contributed by atoms with E-state index in [1.54, 1.807) is 0 Å². The van der Waals surface area contributed by atoms with Gasteiger partial charge in [0, 0.05) is 18.2 Å². The first-order chi connectivity index (χ1) is 11.4. The molecule has 2 N–H and O–H groups in total. The van der Waals surface area contributed by atoms with E-state index in [2.05, 4.69) is 30.5 Å². The minimum atomic E-state index is 0.0194. The van der Waals surface area contributed by atoms with Gasteiger partial charge in [-0.15, -0.1) is 0 Å². The van der Waals surface area contributed by atoms with Gasteiger partial charge in [0.2, 0.25) is 5.91 Å². The number of rotatable bonds is 7. The molecule has 2 rings (SSSR count). The van der Waals surface area contributed by atoms with Gasteiger partial charge in [-0.1, -0.05) is 32.0 Å². The van der Waals surface area contributed by atoms with E-state index >= 15 is 0 Å². The van der Waals surface area contributed by atoms with Crippen molar-refractivity contribution < 1.29 is 9.21 Å². The zero-order valence-corrected chi connectivity index (χ0v) is 15.2. The second-order valence-electron chi connectivity index (χ2n) is 6.73. The van der Waals surface area contributed by atoms with E-state index in [0.717, 1.165) is 22.8 Å². The summed E-state index contributed by atoms with van der Waals surface area (Å²) in [5.74, 6) is 2.18. The van der Waals surface area contributed by atoms with Gasteiger partial charge < -0.3 is 15.1 Å². The molecule has 1 amide bonds. The first kappa shape index (κ1) is 18.3. The molecule has 24 heavy (non-hydrogen) atoms. The Hall–Kier alpha value is -2.07. The number of hydrogen-bond acceptors (Lipinski definition) is 3. The fourth-order valence-electron chi connectivity index (χ4n) is 2.85. The van der Waals surface area contributed by atoms with Crippen LogP contribution >= 0.6 is 0 Å². The lowest BCUT2D eigenvalue weighted by molar-refractivity contribution is -0.116. The van der Waals surface area contributed by atoms with Crippen LogP contribution in [0.25, 0.3) is 0 Å². The van der Waals surface area contributed by atoms with E-state index < -0.39 is 0 Å². The molecule has 4 heteroatoms. The third-order valence-electron chi connectivity index (χ3n) is 4.07. The van der Waals surface area contributed by atoms with Gasteiger partial charge in [-0.05, 0) is 50.5 Å². The van der Waals surface area contributed by atoms with Crippen LogP contribution in [0.1, 0.15) is 63.2 Å². The van der Waals surface area contributed by atoms with Crippen molar-refractivity contribution in [3.8, 4) is 0 Å². The van der Waals surface area contributed by atoms with Gasteiger partial charge in [-0.25, -0.2) is 0 Å². The number of furan rings is 1. The summed E-state index contributed by atoms with van der Waals surface area (Å²) >= 11 is 0. The summed E-state index contributed by atoms with van der Waals surface area (Å²) < 4.78 is 5.63. The molecule has 0 saturated heterocycles. The van der Waals surface area contributed by atoms with Crippen LogP contribution in [0.5, 0.6) is 0 Å². The molecule has 0 spiro atoms. The van der Waals surface area contributed by atoms with E-state index in [0.29, 0.717) is 12.3 Å². The molecular formula is C20H28N2O2. The number of carbonyl (C=O) groups excluding carboxylic acids is 1. The topological polar surface area (TPSA) is 54.3 Å². The standard InChI is InChI=1S/C20H28N2O2/c1-13(2)17-8-6-7-9-18(17)22-20(23)12-14(3)21-16(5)19-11-10-15(4)24-19/h6-11,13-14,16,21H,12H2,1-5H3,(H,22,23). The van der Waals surface area contributed by atoms with Crippen molar-refractivity contribution in [3.63, 3.8) is 0 Å². The molecule has 1 aromatic carbocycles. The lowest BCUT2D eigenvalue weighted by Crippen LogP contribution is -2.32. The molecule has 130 valence electrons. The normalized spacial score (nSPS) is 13.8. The SMILES string of the molecule is Cc1ccc(C(C)NC(C)CC(=O)Nc2ccccc2C(C)C)o1. The first-order valence-electron chi connectivity index (χ1n) is 8.58. The van der Waals surface area contributed by atoms with Crippen molar-refractivity contribution in [2.45, 2.75) is 59.0 Å². The number of carbonyl (C=O) groups is 1. The maximum Gasteiger partial charge on any atom is 0.225 e. The largest absolute Gasteiger partial charge is 0.465 e. The van der Waals surface area contributed by atoms with Gasteiger partial charge in [0.15, 0.2) is 0 Å². The van der Waals surface area contributed by atoms with Crippen molar-refractivity contribution in [2.75, 3.05) is 5.32 Å². The molecule has 0 aliphatic carbocycles. The van der Waals surface area contributed by atoms with Gasteiger partial charge >= 0.3 is 0 Å². The molecule has 2 aromatic rings. The quantitative estimate of drug-likeness (QED) is 0.769. The summed E-state index contributed by atoms with van der Waals surface area (Å²) in [6, 6.07) is 12.0. The molecular weight excluding hydrogens is 300 g/mol. The predicted octanol–water partition coefficient (Wildman–Crippen LogP) is 4.78. The third kappa shape index (κ3) is 4.96. The van der Waals surface area contributed by atoms with Gasteiger partial charge in [-0.2, -0.15) is 0 Å². The molecule has 0 saturated carbocycles. The summed E-state index contributed by atoms with van der Waals surface area (Å²) in [5.41, 5.74) is 2.06. The number of para-hydroxylation sites is 1. The average Bonchev–Trinajstić information content (AvgIpc) is 2.94. The summed E-state index contributed by atoms with van der Waals surface area (Å²) in [6.45, 7) is 10.2. The van der Waals surface area contributed by atoms with E-state index in [4.69, 9.17) is 4.42 Å². The Morgan fingerprint density at radius 2 is 1.79 bits per heavy atom. The second kappa shape index (κ2) is 8.15. The summed E-state index contributed by atoms with van der Waals surface area (Å²) in [7, 11) is 0. The van der Waals surface area contributed by atoms with Gasteiger partial charge in [0.25, 0.3) is 0 Å². The van der Waals surface area contributed by atoms with Crippen LogP contribution < -0.4 is 10.6 Å². The van der Waals surface area contributed by atoms with E-state index in [1.807, 2.05) is 51.1 Å². The Balaban J connectivity index is 1.90. The Morgan fingerprint density at radius 3 is 2.42 bits per heavy atom. The molecule has 0 radical (unpaired) electrons. The van der Waals surface area contributed by atoms with Crippen LogP contribution in [0.4, 0.5) is 5.69 Å². The van der Waals surface area contributed by atoms with Gasteiger partial charge in [-0.3, -0.25) is 4.79 Å². The maximum absolute atomic E-state index is 12.3. The van der Waals surface area contributed by atoms with Crippen molar-refractivity contribution in [3.05, 3.63) is 53.5 Å². The van der Waals surface area contributed by atoms with Crippen molar-refractivity contribution in [2.24, 2.45) is 0 Å². The van der Waals surface area contributed by atoms with Crippen LogP contribution in [0.2, 0.25) is 0 Å². The van der Waals surface area contributed by atoms with Crippen molar-refractivity contribution >= 4 is 11.6 Å². The molecule has 0 aliphatic heterocycles. The minimum absolute atomic E-state index is 0.0194. The Morgan fingerprint density at radius 1 is 1.08 bits per heavy atom. The van der Waals surface area contributed by atoms with Crippen molar-refractivity contribution in [1.29, 1.82) is 0 Å². The third-order valence-corrected chi connectivity index (χ3v) is 4.07. The van der Waals surface area contributed by atoms with E-state index in [9.17, 15) is 4.79 Å². The molecule has 2 unspecified atom stereocenters. The summed E-state index contributed by atoms with van der Waals surface area (Å²) in [5, 5.41) is 6.45. The molecule has 4 nitrogen and oxygen atoms in total. The molecule has 0 aliphatic rings. The highest BCUT2D eigenvalue weighted by atomic mass is 16.3. The predicted molar refractivity (Wildman–Crippen MR) is 98.2 cm³/mol. The van der Waals surface area contributed by atoms with Crippen LogP contribution in [0, 0.1) is 6.92 Å². The zero-order valence-electron chi connectivity index (χ0n) is 15.2. The molecule has 0 bridgehead atoms. The van der Waals surface area contributed by atoms with Crippen LogP contribution in [-0.4, -0.2) is 11.9 Å². The lowest BCUT2D eigenvalue weighted by Gasteiger charge is -2.19. The highest BCUT2D eigenvalue weighted by molar-refractivity contribution is 5.92. The number of hydrogen-bond donors (Lipinski definition) is 2. The van der Waals surface area contributed by atoms with Gasteiger partial charge in [0.1, 0.15) is 11.5 Å². The van der Waals surface area contributed by atoms with Crippen LogP contribution in [0.3, 0.4) is 0 Å². The second-order valence-corrected chi connectivity index (χ2v) is 6.73. The van der Waals surface area contributed by atoms with E-state index in [1.165, 1.54) is 0 Å². The number of nitrogens with one attached hydrogen (secondary N) is 2. The van der Waals surface area contributed by atoms with E-state index in [-0.39, 0.29) is 18.0 Å². The lowest BCUT2D eigenvalue weighted by atomic mass is 10.0.